The summed E-state index contributed by atoms with van der Waals surface area (Å²) in [5, 5.41) is 4.03. The van der Waals surface area contributed by atoms with Gasteiger partial charge in [0.15, 0.2) is 0 Å². The fraction of sp³-hybridized carbons (Fsp3) is 0.467. The highest BCUT2D eigenvalue weighted by molar-refractivity contribution is 7.99. The van der Waals surface area contributed by atoms with Gasteiger partial charge in [-0.25, -0.2) is 0 Å². The molecule has 2 N–H and O–H groups in total. The minimum absolute atomic E-state index is 0.198. The minimum Gasteiger partial charge on any atom is -0.337 e. The first-order valence-electron chi connectivity index (χ1n) is 6.98. The van der Waals surface area contributed by atoms with Gasteiger partial charge >= 0.3 is 0 Å². The number of nitrogens with zero attached hydrogens (tertiary/aromatic N) is 2. The van der Waals surface area contributed by atoms with Crippen LogP contribution < -0.4 is 5.73 Å². The van der Waals surface area contributed by atoms with Gasteiger partial charge in [-0.05, 0) is 35.9 Å². The Morgan fingerprint density at radius 1 is 1.25 bits per heavy atom. The van der Waals surface area contributed by atoms with Gasteiger partial charge in [-0.3, -0.25) is 0 Å². The number of benzene rings is 1. The highest BCUT2D eigenvalue weighted by atomic mass is 32.2. The summed E-state index contributed by atoms with van der Waals surface area (Å²) in [6, 6.07) is 7.99. The number of hydrogen-bond acceptors (Lipinski definition) is 5. The summed E-state index contributed by atoms with van der Waals surface area (Å²) in [5.74, 6) is 2.51. The average molecular weight is 291 g/mol. The van der Waals surface area contributed by atoms with Crippen molar-refractivity contribution in [1.29, 1.82) is 0 Å². The van der Waals surface area contributed by atoms with Gasteiger partial charge in [-0.2, -0.15) is 4.98 Å². The fourth-order valence-electron chi connectivity index (χ4n) is 1.85. The molecule has 108 valence electrons. The number of rotatable bonds is 6. The van der Waals surface area contributed by atoms with E-state index >= 15 is 0 Å². The zero-order valence-electron chi connectivity index (χ0n) is 12.2. The zero-order chi connectivity index (χ0) is 14.5. The SMILES string of the molecule is CCSc1ccc(-c2noc([C@@H](N)C(C)CC)n2)cc1. The molecule has 0 fully saturated rings. The number of aromatic nitrogens is 2. The third kappa shape index (κ3) is 3.41. The van der Waals surface area contributed by atoms with Crippen molar-refractivity contribution in [1.82, 2.24) is 10.1 Å². The first-order chi connectivity index (χ1) is 9.65. The van der Waals surface area contributed by atoms with Crippen LogP contribution in [-0.4, -0.2) is 15.9 Å². The summed E-state index contributed by atoms with van der Waals surface area (Å²) >= 11 is 1.81. The molecule has 0 radical (unpaired) electrons. The molecule has 0 saturated heterocycles. The maximum Gasteiger partial charge on any atom is 0.244 e. The molecule has 0 bridgehead atoms. The molecule has 1 aromatic heterocycles. The van der Waals surface area contributed by atoms with Gasteiger partial charge in [-0.15, -0.1) is 11.8 Å². The van der Waals surface area contributed by atoms with Gasteiger partial charge in [0.2, 0.25) is 11.7 Å². The molecule has 2 rings (SSSR count). The van der Waals surface area contributed by atoms with Crippen LogP contribution in [0.2, 0.25) is 0 Å². The van der Waals surface area contributed by atoms with Crippen LogP contribution in [0.3, 0.4) is 0 Å². The largest absolute Gasteiger partial charge is 0.337 e. The van der Waals surface area contributed by atoms with Crippen molar-refractivity contribution in [2.24, 2.45) is 11.7 Å². The molecule has 1 heterocycles. The third-order valence-electron chi connectivity index (χ3n) is 3.41. The van der Waals surface area contributed by atoms with E-state index in [0.29, 0.717) is 17.6 Å². The summed E-state index contributed by atoms with van der Waals surface area (Å²) in [4.78, 5) is 5.66. The second-order valence-corrected chi connectivity index (χ2v) is 6.16. The van der Waals surface area contributed by atoms with E-state index in [1.807, 2.05) is 23.9 Å². The Kier molecular flexibility index (Phi) is 5.20. The summed E-state index contributed by atoms with van der Waals surface area (Å²) in [5.41, 5.74) is 7.06. The average Bonchev–Trinajstić information content (AvgIpc) is 2.96. The molecule has 0 aliphatic heterocycles. The van der Waals surface area contributed by atoms with Crippen LogP contribution in [0.5, 0.6) is 0 Å². The van der Waals surface area contributed by atoms with Gasteiger partial charge in [0.25, 0.3) is 0 Å². The first kappa shape index (κ1) is 15.1. The van der Waals surface area contributed by atoms with Crippen LogP contribution in [-0.2, 0) is 0 Å². The molecule has 2 aromatic rings. The molecule has 5 heteroatoms. The van der Waals surface area contributed by atoms with Gasteiger partial charge in [0, 0.05) is 10.5 Å². The maximum atomic E-state index is 6.10. The maximum absolute atomic E-state index is 6.10. The van der Waals surface area contributed by atoms with Crippen molar-refractivity contribution >= 4 is 11.8 Å². The molecular weight excluding hydrogens is 270 g/mol. The lowest BCUT2D eigenvalue weighted by atomic mass is 10.0. The Balaban J connectivity index is 2.15. The molecule has 20 heavy (non-hydrogen) atoms. The van der Waals surface area contributed by atoms with Crippen LogP contribution >= 0.6 is 11.8 Å². The topological polar surface area (TPSA) is 64.9 Å². The van der Waals surface area contributed by atoms with Crippen molar-refractivity contribution in [2.75, 3.05) is 5.75 Å². The molecule has 0 aliphatic carbocycles. The summed E-state index contributed by atoms with van der Waals surface area (Å²) < 4.78 is 5.29. The predicted octanol–water partition coefficient (Wildman–Crippen LogP) is 3.89. The van der Waals surface area contributed by atoms with E-state index in [1.54, 1.807) is 0 Å². The first-order valence-corrected chi connectivity index (χ1v) is 7.96. The van der Waals surface area contributed by atoms with E-state index in [0.717, 1.165) is 17.7 Å². The van der Waals surface area contributed by atoms with Gasteiger partial charge < -0.3 is 10.3 Å². The van der Waals surface area contributed by atoms with Crippen molar-refractivity contribution < 1.29 is 4.52 Å². The Morgan fingerprint density at radius 3 is 2.55 bits per heavy atom. The zero-order valence-corrected chi connectivity index (χ0v) is 13.0. The number of hydrogen-bond donors (Lipinski definition) is 1. The molecule has 0 saturated carbocycles. The monoisotopic (exact) mass is 291 g/mol. The van der Waals surface area contributed by atoms with Crippen LogP contribution in [0.15, 0.2) is 33.7 Å². The van der Waals surface area contributed by atoms with Crippen molar-refractivity contribution in [3.05, 3.63) is 30.2 Å². The van der Waals surface area contributed by atoms with Gasteiger partial charge in [0.05, 0.1) is 6.04 Å². The molecule has 4 nitrogen and oxygen atoms in total. The lowest BCUT2D eigenvalue weighted by Crippen LogP contribution is -2.18. The van der Waals surface area contributed by atoms with E-state index < -0.39 is 0 Å². The Bertz CT molecular complexity index is 538. The second-order valence-electron chi connectivity index (χ2n) is 4.82. The summed E-state index contributed by atoms with van der Waals surface area (Å²) in [6.07, 6.45) is 0.988. The Morgan fingerprint density at radius 2 is 1.95 bits per heavy atom. The van der Waals surface area contributed by atoms with E-state index in [1.165, 1.54) is 4.90 Å². The summed E-state index contributed by atoms with van der Waals surface area (Å²) in [7, 11) is 0. The van der Waals surface area contributed by atoms with Crippen molar-refractivity contribution in [3.63, 3.8) is 0 Å². The van der Waals surface area contributed by atoms with Gasteiger partial charge in [0.1, 0.15) is 0 Å². The van der Waals surface area contributed by atoms with E-state index in [4.69, 9.17) is 10.3 Å². The second kappa shape index (κ2) is 6.90. The van der Waals surface area contributed by atoms with Crippen molar-refractivity contribution in [2.45, 2.75) is 38.1 Å². The van der Waals surface area contributed by atoms with Crippen LogP contribution in [0.1, 0.15) is 39.1 Å². The van der Waals surface area contributed by atoms with Crippen molar-refractivity contribution in [3.8, 4) is 11.4 Å². The molecule has 2 atom stereocenters. The molecule has 1 unspecified atom stereocenters. The van der Waals surface area contributed by atoms with E-state index in [2.05, 4.69) is 43.0 Å². The minimum atomic E-state index is -0.198. The summed E-state index contributed by atoms with van der Waals surface area (Å²) in [6.45, 7) is 6.33. The highest BCUT2D eigenvalue weighted by Gasteiger charge is 2.20. The lowest BCUT2D eigenvalue weighted by Gasteiger charge is -2.12. The predicted molar refractivity (Wildman–Crippen MR) is 82.5 cm³/mol. The van der Waals surface area contributed by atoms with E-state index in [9.17, 15) is 0 Å². The fourth-order valence-corrected chi connectivity index (χ4v) is 2.51. The molecular formula is C15H21N3OS. The van der Waals surface area contributed by atoms with E-state index in [-0.39, 0.29) is 6.04 Å². The molecule has 1 aromatic carbocycles. The lowest BCUT2D eigenvalue weighted by molar-refractivity contribution is 0.312. The van der Waals surface area contributed by atoms with Crippen LogP contribution in [0, 0.1) is 5.92 Å². The Labute approximate surface area is 124 Å². The highest BCUT2D eigenvalue weighted by Crippen LogP contribution is 2.25. The van der Waals surface area contributed by atoms with Crippen LogP contribution in [0.25, 0.3) is 11.4 Å². The number of thioether (sulfide) groups is 1. The third-order valence-corrected chi connectivity index (χ3v) is 4.30. The van der Waals surface area contributed by atoms with Gasteiger partial charge in [-0.1, -0.05) is 32.3 Å². The number of nitrogens with two attached hydrogens (primary N) is 1. The normalized spacial score (nSPS) is 14.2. The molecule has 0 spiro atoms. The van der Waals surface area contributed by atoms with Crippen LogP contribution in [0.4, 0.5) is 0 Å². The molecule has 0 aliphatic rings. The quantitative estimate of drug-likeness (QED) is 0.818. The standard InChI is InChI=1S/C15H21N3OS/c1-4-10(3)13(16)15-17-14(18-19-15)11-6-8-12(9-7-11)20-5-2/h6-10,13H,4-5,16H2,1-3H3/t10?,13-/m0/s1. The Hall–Kier alpha value is -1.33. The molecule has 0 amide bonds. The smallest absolute Gasteiger partial charge is 0.244 e.